The zero-order valence-electron chi connectivity index (χ0n) is 16.2. The number of rotatable bonds is 5. The Labute approximate surface area is 168 Å². The molecule has 0 spiro atoms. The molecule has 0 atom stereocenters. The summed E-state index contributed by atoms with van der Waals surface area (Å²) in [5.74, 6) is 0.462. The van der Waals surface area contributed by atoms with Crippen molar-refractivity contribution in [1.82, 2.24) is 20.0 Å². The summed E-state index contributed by atoms with van der Waals surface area (Å²) in [6.07, 6.45) is 4.11. The van der Waals surface area contributed by atoms with Crippen LogP contribution in [0, 0.1) is 12.8 Å². The number of hydrogen-bond acceptors (Lipinski definition) is 4. The molecule has 1 aliphatic rings. The Kier molecular flexibility index (Phi) is 4.31. The summed E-state index contributed by atoms with van der Waals surface area (Å²) < 4.78 is 1.73. The second-order valence-electron chi connectivity index (χ2n) is 7.48. The molecule has 2 aromatic carbocycles. The molecule has 0 radical (unpaired) electrons. The van der Waals surface area contributed by atoms with Gasteiger partial charge < -0.3 is 4.90 Å². The van der Waals surface area contributed by atoms with Crippen LogP contribution >= 0.6 is 0 Å². The van der Waals surface area contributed by atoms with E-state index in [1.165, 1.54) is 12.8 Å². The predicted octanol–water partition coefficient (Wildman–Crippen LogP) is 4.18. The molecule has 0 unspecified atom stereocenters. The molecule has 1 fully saturated rings. The monoisotopic (exact) mass is 383 g/mol. The summed E-state index contributed by atoms with van der Waals surface area (Å²) in [5.41, 5.74) is 3.76. The fourth-order valence-corrected chi connectivity index (χ4v) is 3.63. The lowest BCUT2D eigenvalue weighted by atomic mass is 10.1. The van der Waals surface area contributed by atoms with Crippen LogP contribution in [0.15, 0.2) is 66.9 Å². The zero-order chi connectivity index (χ0) is 19.8. The van der Waals surface area contributed by atoms with Gasteiger partial charge in [-0.05, 0) is 62.1 Å². The van der Waals surface area contributed by atoms with Gasteiger partial charge in [-0.2, -0.15) is 0 Å². The van der Waals surface area contributed by atoms with Crippen molar-refractivity contribution in [3.8, 4) is 5.69 Å². The molecule has 1 saturated carbocycles. The third-order valence-electron chi connectivity index (χ3n) is 5.40. The minimum absolute atomic E-state index is 0.106. The van der Waals surface area contributed by atoms with E-state index in [1.807, 2.05) is 72.5 Å². The van der Waals surface area contributed by atoms with E-state index in [4.69, 9.17) is 0 Å². The number of pyridine rings is 1. The summed E-state index contributed by atoms with van der Waals surface area (Å²) in [5, 5.41) is 9.57. The number of fused-ring (bicyclic) bond motifs is 1. The van der Waals surface area contributed by atoms with Crippen molar-refractivity contribution < 1.29 is 4.79 Å². The summed E-state index contributed by atoms with van der Waals surface area (Å²) in [4.78, 5) is 19.7. The standard InChI is InChI=1S/C23H21N5O/c1-16-22(23(29)27(15-17-12-13-17)18-7-3-2-4-8-18)25-26-28(16)21-11-5-10-20-19(21)9-6-14-24-20/h2-11,14,17H,12-13,15H2,1H3. The molecular weight excluding hydrogens is 362 g/mol. The average molecular weight is 383 g/mol. The molecule has 0 bridgehead atoms. The highest BCUT2D eigenvalue weighted by Crippen LogP contribution is 2.32. The van der Waals surface area contributed by atoms with Crippen LogP contribution in [-0.4, -0.2) is 32.4 Å². The van der Waals surface area contributed by atoms with Gasteiger partial charge in [-0.15, -0.1) is 5.10 Å². The van der Waals surface area contributed by atoms with E-state index in [0.29, 0.717) is 18.2 Å². The molecule has 1 aliphatic carbocycles. The smallest absolute Gasteiger partial charge is 0.280 e. The Bertz CT molecular complexity index is 1180. The van der Waals surface area contributed by atoms with E-state index in [9.17, 15) is 4.79 Å². The lowest BCUT2D eigenvalue weighted by molar-refractivity contribution is 0.0980. The maximum absolute atomic E-state index is 13.4. The van der Waals surface area contributed by atoms with Crippen molar-refractivity contribution in [2.75, 3.05) is 11.4 Å². The third-order valence-corrected chi connectivity index (χ3v) is 5.40. The Morgan fingerprint density at radius 2 is 1.90 bits per heavy atom. The number of benzene rings is 2. The molecule has 6 nitrogen and oxygen atoms in total. The number of anilines is 1. The largest absolute Gasteiger partial charge is 0.307 e. The molecule has 0 saturated heterocycles. The van der Waals surface area contributed by atoms with E-state index >= 15 is 0 Å². The second kappa shape index (κ2) is 7.13. The van der Waals surface area contributed by atoms with Gasteiger partial charge in [-0.1, -0.05) is 29.5 Å². The third kappa shape index (κ3) is 3.27. The van der Waals surface area contributed by atoms with Crippen LogP contribution in [0.2, 0.25) is 0 Å². The van der Waals surface area contributed by atoms with Gasteiger partial charge in [0.15, 0.2) is 5.69 Å². The van der Waals surface area contributed by atoms with Crippen LogP contribution in [-0.2, 0) is 0 Å². The lowest BCUT2D eigenvalue weighted by Gasteiger charge is -2.22. The second-order valence-corrected chi connectivity index (χ2v) is 7.48. The molecular formula is C23H21N5O. The Morgan fingerprint density at radius 1 is 1.07 bits per heavy atom. The van der Waals surface area contributed by atoms with E-state index in [-0.39, 0.29) is 5.91 Å². The molecule has 1 amide bonds. The molecule has 0 aliphatic heterocycles. The molecule has 5 rings (SSSR count). The fourth-order valence-electron chi connectivity index (χ4n) is 3.63. The quantitative estimate of drug-likeness (QED) is 0.519. The van der Waals surface area contributed by atoms with Crippen molar-refractivity contribution in [2.45, 2.75) is 19.8 Å². The number of hydrogen-bond donors (Lipinski definition) is 0. The first kappa shape index (κ1) is 17.6. The fraction of sp³-hybridized carbons (Fsp3) is 0.217. The van der Waals surface area contributed by atoms with Crippen LogP contribution in [0.4, 0.5) is 5.69 Å². The van der Waals surface area contributed by atoms with Gasteiger partial charge in [-0.3, -0.25) is 9.78 Å². The first-order chi connectivity index (χ1) is 14.2. The molecule has 6 heteroatoms. The molecule has 2 aromatic heterocycles. The van der Waals surface area contributed by atoms with Gasteiger partial charge in [0.2, 0.25) is 0 Å². The highest BCUT2D eigenvalue weighted by Gasteiger charge is 2.30. The first-order valence-corrected chi connectivity index (χ1v) is 9.85. The summed E-state index contributed by atoms with van der Waals surface area (Å²) in [6.45, 7) is 2.61. The van der Waals surface area contributed by atoms with Crippen LogP contribution in [0.1, 0.15) is 29.0 Å². The van der Waals surface area contributed by atoms with Gasteiger partial charge >= 0.3 is 0 Å². The van der Waals surface area contributed by atoms with Gasteiger partial charge in [0, 0.05) is 23.8 Å². The number of aromatic nitrogens is 4. The number of carbonyl (C=O) groups excluding carboxylic acids is 1. The Hall–Kier alpha value is -3.54. The number of carbonyl (C=O) groups is 1. The normalized spacial score (nSPS) is 13.6. The number of amides is 1. The Morgan fingerprint density at radius 3 is 2.69 bits per heavy atom. The molecule has 2 heterocycles. The average Bonchev–Trinajstić information content (AvgIpc) is 3.51. The maximum atomic E-state index is 13.4. The zero-order valence-corrected chi connectivity index (χ0v) is 16.2. The van der Waals surface area contributed by atoms with Gasteiger partial charge in [0.1, 0.15) is 0 Å². The van der Waals surface area contributed by atoms with Crippen molar-refractivity contribution in [1.29, 1.82) is 0 Å². The maximum Gasteiger partial charge on any atom is 0.280 e. The minimum atomic E-state index is -0.106. The van der Waals surface area contributed by atoms with Crippen LogP contribution < -0.4 is 4.90 Å². The Balaban J connectivity index is 1.55. The molecule has 29 heavy (non-hydrogen) atoms. The van der Waals surface area contributed by atoms with Gasteiger partial charge in [0.25, 0.3) is 5.91 Å². The van der Waals surface area contributed by atoms with Crippen LogP contribution in [0.25, 0.3) is 16.6 Å². The number of nitrogens with zero attached hydrogens (tertiary/aromatic N) is 5. The van der Waals surface area contributed by atoms with Crippen molar-refractivity contribution in [2.24, 2.45) is 5.92 Å². The highest BCUT2D eigenvalue weighted by molar-refractivity contribution is 6.05. The van der Waals surface area contributed by atoms with E-state index in [1.54, 1.807) is 10.9 Å². The van der Waals surface area contributed by atoms with Crippen molar-refractivity contribution in [3.05, 3.63) is 78.2 Å². The van der Waals surface area contributed by atoms with E-state index in [2.05, 4.69) is 15.3 Å². The first-order valence-electron chi connectivity index (χ1n) is 9.85. The topological polar surface area (TPSA) is 63.9 Å². The molecule has 144 valence electrons. The summed E-state index contributed by atoms with van der Waals surface area (Å²) >= 11 is 0. The minimum Gasteiger partial charge on any atom is -0.307 e. The van der Waals surface area contributed by atoms with E-state index in [0.717, 1.165) is 28.0 Å². The lowest BCUT2D eigenvalue weighted by Crippen LogP contribution is -2.33. The van der Waals surface area contributed by atoms with Gasteiger partial charge in [-0.25, -0.2) is 4.68 Å². The molecule has 0 N–H and O–H groups in total. The van der Waals surface area contributed by atoms with E-state index < -0.39 is 0 Å². The molecule has 4 aromatic rings. The van der Waals surface area contributed by atoms with Crippen LogP contribution in [0.5, 0.6) is 0 Å². The van der Waals surface area contributed by atoms with Crippen molar-refractivity contribution >= 4 is 22.5 Å². The van der Waals surface area contributed by atoms with Crippen molar-refractivity contribution in [3.63, 3.8) is 0 Å². The van der Waals surface area contributed by atoms with Crippen LogP contribution in [0.3, 0.4) is 0 Å². The number of para-hydroxylation sites is 1. The van der Waals surface area contributed by atoms with Gasteiger partial charge in [0.05, 0.1) is 16.9 Å². The summed E-state index contributed by atoms with van der Waals surface area (Å²) in [6, 6.07) is 19.6. The SMILES string of the molecule is Cc1c(C(=O)N(CC2CC2)c2ccccc2)nnn1-c1cccc2ncccc12. The summed E-state index contributed by atoms with van der Waals surface area (Å²) in [7, 11) is 0. The highest BCUT2D eigenvalue weighted by atomic mass is 16.2. The predicted molar refractivity (Wildman–Crippen MR) is 112 cm³/mol.